The van der Waals surface area contributed by atoms with Crippen LogP contribution in [0.3, 0.4) is 0 Å². The predicted molar refractivity (Wildman–Crippen MR) is 82.1 cm³/mol. The van der Waals surface area contributed by atoms with Gasteiger partial charge < -0.3 is 10.4 Å². The van der Waals surface area contributed by atoms with Crippen molar-refractivity contribution in [3.05, 3.63) is 0 Å². The Morgan fingerprint density at radius 2 is 1.78 bits per heavy atom. The first-order valence-corrected chi connectivity index (χ1v) is 7.65. The van der Waals surface area contributed by atoms with Crippen LogP contribution in [-0.2, 0) is 0 Å². The van der Waals surface area contributed by atoms with Crippen molar-refractivity contribution in [1.82, 2.24) is 10.2 Å². The molecule has 1 fully saturated rings. The van der Waals surface area contributed by atoms with E-state index < -0.39 is 0 Å². The molecular formula is C15H36N2O. The summed E-state index contributed by atoms with van der Waals surface area (Å²) < 4.78 is 0. The van der Waals surface area contributed by atoms with Crippen molar-refractivity contribution in [2.24, 2.45) is 5.92 Å². The van der Waals surface area contributed by atoms with E-state index in [0.717, 1.165) is 26.2 Å². The van der Waals surface area contributed by atoms with E-state index in [1.165, 1.54) is 6.42 Å². The lowest BCUT2D eigenvalue weighted by atomic mass is 10.0. The van der Waals surface area contributed by atoms with E-state index in [1.807, 2.05) is 20.8 Å². The third kappa shape index (κ3) is 9.86. The molecule has 0 spiro atoms. The average Bonchev–Trinajstić information content (AvgIpc) is 2.35. The molecule has 0 radical (unpaired) electrons. The summed E-state index contributed by atoms with van der Waals surface area (Å²) in [6.07, 6.45) is 1.06. The van der Waals surface area contributed by atoms with Crippen molar-refractivity contribution < 1.29 is 5.11 Å². The van der Waals surface area contributed by atoms with Gasteiger partial charge in [-0.2, -0.15) is 0 Å². The molecule has 0 amide bonds. The molecule has 1 aliphatic rings. The fraction of sp³-hybridized carbons (Fsp3) is 1.00. The minimum Gasteiger partial charge on any atom is -0.393 e. The molecule has 3 heteroatoms. The summed E-state index contributed by atoms with van der Waals surface area (Å²) in [6.45, 7) is 18.8. The first kappa shape index (κ1) is 20.2. The summed E-state index contributed by atoms with van der Waals surface area (Å²) in [5.41, 5.74) is 0. The van der Waals surface area contributed by atoms with Crippen LogP contribution < -0.4 is 5.32 Å². The fourth-order valence-corrected chi connectivity index (χ4v) is 1.68. The summed E-state index contributed by atoms with van der Waals surface area (Å²) in [6, 6.07) is 0.606. The summed E-state index contributed by atoms with van der Waals surface area (Å²) in [4.78, 5) is 2.45. The van der Waals surface area contributed by atoms with E-state index in [0.29, 0.717) is 12.0 Å². The highest BCUT2D eigenvalue weighted by atomic mass is 16.3. The lowest BCUT2D eigenvalue weighted by Crippen LogP contribution is -2.51. The van der Waals surface area contributed by atoms with Gasteiger partial charge >= 0.3 is 0 Å². The first-order valence-electron chi connectivity index (χ1n) is 7.65. The maximum absolute atomic E-state index is 9.40. The van der Waals surface area contributed by atoms with E-state index in [2.05, 4.69) is 37.9 Å². The summed E-state index contributed by atoms with van der Waals surface area (Å²) in [5.74, 6) is 0.376. The van der Waals surface area contributed by atoms with Gasteiger partial charge in [0.05, 0.1) is 6.10 Å². The van der Waals surface area contributed by atoms with Crippen LogP contribution in [0.5, 0.6) is 0 Å². The molecule has 0 aromatic carbocycles. The number of nitrogens with one attached hydrogen (secondary N) is 1. The molecule has 0 aromatic heterocycles. The Bertz CT molecular complexity index is 163. The largest absolute Gasteiger partial charge is 0.393 e. The molecule has 3 atom stereocenters. The van der Waals surface area contributed by atoms with Gasteiger partial charge in [-0.15, -0.1) is 0 Å². The highest BCUT2D eigenvalue weighted by Crippen LogP contribution is 2.09. The molecule has 0 bridgehead atoms. The predicted octanol–water partition coefficient (Wildman–Crippen LogP) is 2.74. The molecular weight excluding hydrogens is 224 g/mol. The van der Waals surface area contributed by atoms with Crippen LogP contribution in [0, 0.1) is 5.92 Å². The second kappa shape index (κ2) is 13.3. The van der Waals surface area contributed by atoms with Crippen LogP contribution in [0.4, 0.5) is 0 Å². The maximum atomic E-state index is 9.40. The van der Waals surface area contributed by atoms with E-state index in [-0.39, 0.29) is 6.10 Å². The molecule has 0 aromatic rings. The van der Waals surface area contributed by atoms with Crippen LogP contribution in [-0.4, -0.2) is 48.3 Å². The van der Waals surface area contributed by atoms with Crippen molar-refractivity contribution in [3.63, 3.8) is 0 Å². The smallest absolute Gasteiger partial charge is 0.0549 e. The Hall–Kier alpha value is -0.120. The van der Waals surface area contributed by atoms with E-state index in [9.17, 15) is 5.11 Å². The molecule has 0 aliphatic carbocycles. The van der Waals surface area contributed by atoms with Gasteiger partial charge in [0.25, 0.3) is 0 Å². The average molecular weight is 260 g/mol. The lowest BCUT2D eigenvalue weighted by Gasteiger charge is -2.36. The summed E-state index contributed by atoms with van der Waals surface area (Å²) >= 11 is 0. The number of hydrogen-bond acceptors (Lipinski definition) is 3. The van der Waals surface area contributed by atoms with Crippen LogP contribution in [0.25, 0.3) is 0 Å². The van der Waals surface area contributed by atoms with Gasteiger partial charge in [0.15, 0.2) is 0 Å². The maximum Gasteiger partial charge on any atom is 0.0549 e. The number of aliphatic hydroxyl groups excluding tert-OH is 1. The van der Waals surface area contributed by atoms with E-state index in [1.54, 1.807) is 0 Å². The summed E-state index contributed by atoms with van der Waals surface area (Å²) in [5, 5.41) is 12.8. The van der Waals surface area contributed by atoms with Crippen molar-refractivity contribution in [2.45, 2.75) is 67.0 Å². The monoisotopic (exact) mass is 260 g/mol. The zero-order valence-corrected chi connectivity index (χ0v) is 13.7. The Kier molecular flexibility index (Phi) is 14.9. The topological polar surface area (TPSA) is 35.5 Å². The molecule has 1 heterocycles. The Balaban J connectivity index is 0. The Labute approximate surface area is 115 Å². The lowest BCUT2D eigenvalue weighted by molar-refractivity contribution is 0.0796. The number of nitrogens with zero attached hydrogens (tertiary/aromatic N) is 1. The molecule has 0 saturated carbocycles. The minimum atomic E-state index is -0.193. The van der Waals surface area contributed by atoms with E-state index >= 15 is 0 Å². The van der Waals surface area contributed by atoms with Gasteiger partial charge in [-0.3, -0.25) is 4.90 Å². The quantitative estimate of drug-likeness (QED) is 0.819. The van der Waals surface area contributed by atoms with Gasteiger partial charge in [0.2, 0.25) is 0 Å². The van der Waals surface area contributed by atoms with Crippen LogP contribution >= 0.6 is 0 Å². The second-order valence-electron chi connectivity index (χ2n) is 4.97. The van der Waals surface area contributed by atoms with Gasteiger partial charge in [0.1, 0.15) is 0 Å². The Morgan fingerprint density at radius 3 is 2.17 bits per heavy atom. The summed E-state index contributed by atoms with van der Waals surface area (Å²) in [7, 11) is 0. The molecule has 18 heavy (non-hydrogen) atoms. The van der Waals surface area contributed by atoms with Gasteiger partial charge in [0, 0.05) is 32.2 Å². The third-order valence-corrected chi connectivity index (χ3v) is 2.98. The van der Waals surface area contributed by atoms with E-state index in [4.69, 9.17) is 0 Å². The molecule has 112 valence electrons. The van der Waals surface area contributed by atoms with Crippen molar-refractivity contribution >= 4 is 0 Å². The highest BCUT2D eigenvalue weighted by Gasteiger charge is 2.21. The van der Waals surface area contributed by atoms with Crippen molar-refractivity contribution in [2.75, 3.05) is 26.2 Å². The van der Waals surface area contributed by atoms with Crippen LogP contribution in [0.15, 0.2) is 0 Å². The standard InChI is InChI=1S/C10H22N2O.C3H8.C2H6/c1-8(10(3)13)7-12-5-4-11-6-9(12)2;1-3-2;1-2/h8-11,13H,4-7H2,1-3H3;3H2,1-2H3;1-2H3. The van der Waals surface area contributed by atoms with Gasteiger partial charge in [-0.25, -0.2) is 0 Å². The number of hydrogen-bond donors (Lipinski definition) is 2. The fourth-order valence-electron chi connectivity index (χ4n) is 1.68. The molecule has 1 saturated heterocycles. The minimum absolute atomic E-state index is 0.193. The molecule has 1 aliphatic heterocycles. The van der Waals surface area contributed by atoms with Gasteiger partial charge in [-0.05, 0) is 19.8 Å². The van der Waals surface area contributed by atoms with Crippen molar-refractivity contribution in [3.8, 4) is 0 Å². The van der Waals surface area contributed by atoms with Crippen LogP contribution in [0.2, 0.25) is 0 Å². The molecule has 2 N–H and O–H groups in total. The number of rotatable bonds is 3. The molecule has 1 rings (SSSR count). The third-order valence-electron chi connectivity index (χ3n) is 2.98. The van der Waals surface area contributed by atoms with Crippen molar-refractivity contribution in [1.29, 1.82) is 0 Å². The zero-order chi connectivity index (χ0) is 14.6. The first-order chi connectivity index (χ1) is 8.52. The van der Waals surface area contributed by atoms with Crippen LogP contribution in [0.1, 0.15) is 54.9 Å². The zero-order valence-electron chi connectivity index (χ0n) is 13.7. The second-order valence-corrected chi connectivity index (χ2v) is 4.97. The Morgan fingerprint density at radius 1 is 1.28 bits per heavy atom. The molecule has 3 nitrogen and oxygen atoms in total. The SMILES string of the molecule is CC.CC(O)C(C)CN1CCNCC1C.CCC. The number of piperazine rings is 1. The number of aliphatic hydroxyl groups is 1. The highest BCUT2D eigenvalue weighted by molar-refractivity contribution is 4.78. The molecule has 3 unspecified atom stereocenters. The van der Waals surface area contributed by atoms with Gasteiger partial charge in [-0.1, -0.05) is 41.0 Å². The normalized spacial score (nSPS) is 23.0.